The molecule has 0 saturated heterocycles. The van der Waals surface area contributed by atoms with Gasteiger partial charge >= 0.3 is 0 Å². The van der Waals surface area contributed by atoms with Crippen molar-refractivity contribution in [1.82, 2.24) is 29.9 Å². The number of fused-ring (bicyclic) bond motifs is 2. The highest BCUT2D eigenvalue weighted by Crippen LogP contribution is 2.18. The normalized spacial score (nSPS) is 12.6. The van der Waals surface area contributed by atoms with Crippen LogP contribution in [0.3, 0.4) is 0 Å². The molecule has 4 rings (SSSR count). The Labute approximate surface area is 147 Å². The number of aromatic nitrogens is 5. The second-order valence-electron chi connectivity index (χ2n) is 5.92. The molecule has 0 saturated carbocycles. The van der Waals surface area contributed by atoms with E-state index in [-0.39, 0.29) is 11.9 Å². The van der Waals surface area contributed by atoms with Crippen LogP contribution >= 0.6 is 11.3 Å². The molecule has 1 atom stereocenters. The molecule has 1 N–H and O–H groups in total. The SMILES string of the molecule is Cc1nc2ccc(C(=O)N[C@@H](C)c3cn4ncsc4n3)cc2nc1C. The van der Waals surface area contributed by atoms with Crippen molar-refractivity contribution >= 4 is 33.2 Å². The van der Waals surface area contributed by atoms with Gasteiger partial charge in [-0.15, -0.1) is 0 Å². The van der Waals surface area contributed by atoms with Crippen LogP contribution < -0.4 is 5.32 Å². The fourth-order valence-electron chi connectivity index (χ4n) is 2.59. The van der Waals surface area contributed by atoms with E-state index in [2.05, 4.69) is 25.4 Å². The molecule has 0 aliphatic heterocycles. The molecule has 0 spiro atoms. The number of aryl methyl sites for hydroxylation is 2. The lowest BCUT2D eigenvalue weighted by atomic mass is 10.1. The molecule has 1 amide bonds. The first-order valence-electron chi connectivity index (χ1n) is 7.86. The van der Waals surface area contributed by atoms with Crippen LogP contribution in [0.4, 0.5) is 0 Å². The monoisotopic (exact) mass is 352 g/mol. The maximum Gasteiger partial charge on any atom is 0.251 e. The number of carbonyl (C=O) groups excluding carboxylic acids is 1. The van der Waals surface area contributed by atoms with Gasteiger partial charge in [0.1, 0.15) is 5.51 Å². The average Bonchev–Trinajstić information content (AvgIpc) is 3.17. The Balaban J connectivity index is 1.58. The first-order chi connectivity index (χ1) is 12.0. The predicted molar refractivity (Wildman–Crippen MR) is 95.8 cm³/mol. The van der Waals surface area contributed by atoms with Gasteiger partial charge in [0.25, 0.3) is 5.91 Å². The van der Waals surface area contributed by atoms with Gasteiger partial charge in [0.15, 0.2) is 0 Å². The smallest absolute Gasteiger partial charge is 0.251 e. The lowest BCUT2D eigenvalue weighted by Crippen LogP contribution is -2.26. The summed E-state index contributed by atoms with van der Waals surface area (Å²) in [7, 11) is 0. The summed E-state index contributed by atoms with van der Waals surface area (Å²) in [5.41, 5.74) is 6.32. The molecule has 4 aromatic rings. The third kappa shape index (κ3) is 2.85. The number of imidazole rings is 1. The molecule has 7 nitrogen and oxygen atoms in total. The Morgan fingerprint density at radius 3 is 2.68 bits per heavy atom. The van der Waals surface area contributed by atoms with Crippen LogP contribution in [-0.2, 0) is 0 Å². The van der Waals surface area contributed by atoms with E-state index >= 15 is 0 Å². The van der Waals surface area contributed by atoms with Crippen LogP contribution in [0.5, 0.6) is 0 Å². The topological polar surface area (TPSA) is 85.1 Å². The number of rotatable bonds is 3. The Kier molecular flexibility index (Phi) is 3.69. The summed E-state index contributed by atoms with van der Waals surface area (Å²) in [6, 6.07) is 5.14. The molecule has 25 heavy (non-hydrogen) atoms. The first-order valence-corrected chi connectivity index (χ1v) is 8.74. The Morgan fingerprint density at radius 2 is 1.92 bits per heavy atom. The Bertz CT molecular complexity index is 1070. The van der Waals surface area contributed by atoms with Crippen LogP contribution in [0.15, 0.2) is 29.9 Å². The maximum absolute atomic E-state index is 12.6. The number of hydrogen-bond donors (Lipinski definition) is 1. The average molecular weight is 352 g/mol. The van der Waals surface area contributed by atoms with Crippen LogP contribution in [0.25, 0.3) is 16.0 Å². The van der Waals surface area contributed by atoms with Crippen LogP contribution in [-0.4, -0.2) is 30.5 Å². The maximum atomic E-state index is 12.6. The van der Waals surface area contributed by atoms with Crippen molar-refractivity contribution < 1.29 is 4.79 Å². The van der Waals surface area contributed by atoms with E-state index in [0.29, 0.717) is 5.56 Å². The summed E-state index contributed by atoms with van der Waals surface area (Å²) in [6.07, 6.45) is 1.83. The lowest BCUT2D eigenvalue weighted by molar-refractivity contribution is 0.0939. The molecule has 8 heteroatoms. The molecule has 0 aliphatic carbocycles. The predicted octanol–water partition coefficient (Wildman–Crippen LogP) is 2.84. The fourth-order valence-corrected chi connectivity index (χ4v) is 3.20. The third-order valence-electron chi connectivity index (χ3n) is 4.13. The highest BCUT2D eigenvalue weighted by molar-refractivity contribution is 7.14. The van der Waals surface area contributed by atoms with E-state index in [4.69, 9.17) is 0 Å². The zero-order valence-electron chi connectivity index (χ0n) is 14.0. The largest absolute Gasteiger partial charge is 0.344 e. The van der Waals surface area contributed by atoms with Crippen molar-refractivity contribution in [2.24, 2.45) is 0 Å². The van der Waals surface area contributed by atoms with E-state index in [1.807, 2.05) is 33.0 Å². The summed E-state index contributed by atoms with van der Waals surface area (Å²) in [6.45, 7) is 5.74. The summed E-state index contributed by atoms with van der Waals surface area (Å²) in [5.74, 6) is -0.168. The van der Waals surface area contributed by atoms with Gasteiger partial charge in [-0.2, -0.15) is 5.10 Å². The number of nitrogens with one attached hydrogen (secondary N) is 1. The number of amides is 1. The minimum atomic E-state index is -0.220. The van der Waals surface area contributed by atoms with E-state index in [1.54, 1.807) is 22.2 Å². The van der Waals surface area contributed by atoms with Crippen molar-refractivity contribution in [3.05, 3.63) is 52.6 Å². The van der Waals surface area contributed by atoms with Gasteiger partial charge < -0.3 is 5.32 Å². The minimum Gasteiger partial charge on any atom is -0.344 e. The van der Waals surface area contributed by atoms with Crippen molar-refractivity contribution in [2.45, 2.75) is 26.8 Å². The van der Waals surface area contributed by atoms with E-state index in [0.717, 1.165) is 33.1 Å². The minimum absolute atomic E-state index is 0.168. The van der Waals surface area contributed by atoms with E-state index in [1.165, 1.54) is 11.3 Å². The van der Waals surface area contributed by atoms with Crippen molar-refractivity contribution in [3.63, 3.8) is 0 Å². The lowest BCUT2D eigenvalue weighted by Gasteiger charge is -2.12. The summed E-state index contributed by atoms with van der Waals surface area (Å²) in [5, 5.41) is 7.12. The standard InChI is InChI=1S/C17H16N6OS/c1-9-10(2)20-14-6-12(4-5-13(14)19-9)16(24)21-11(3)15-7-23-17(22-15)25-8-18-23/h4-8,11H,1-3H3,(H,21,24)/t11-/m0/s1. The van der Waals surface area contributed by atoms with Crippen LogP contribution in [0, 0.1) is 13.8 Å². The van der Waals surface area contributed by atoms with Gasteiger partial charge in [0, 0.05) is 5.56 Å². The highest BCUT2D eigenvalue weighted by Gasteiger charge is 2.16. The molecule has 3 aromatic heterocycles. The molecule has 0 aliphatic rings. The van der Waals surface area contributed by atoms with Gasteiger partial charge in [-0.1, -0.05) is 11.3 Å². The summed E-state index contributed by atoms with van der Waals surface area (Å²) < 4.78 is 1.71. The number of benzene rings is 1. The zero-order chi connectivity index (χ0) is 17.6. The number of nitrogens with zero attached hydrogens (tertiary/aromatic N) is 5. The van der Waals surface area contributed by atoms with E-state index in [9.17, 15) is 4.79 Å². The van der Waals surface area contributed by atoms with Crippen molar-refractivity contribution in [1.29, 1.82) is 0 Å². The molecule has 126 valence electrons. The van der Waals surface area contributed by atoms with Crippen molar-refractivity contribution in [3.8, 4) is 0 Å². The van der Waals surface area contributed by atoms with Gasteiger partial charge in [-0.05, 0) is 39.0 Å². The summed E-state index contributed by atoms with van der Waals surface area (Å²) >= 11 is 1.46. The van der Waals surface area contributed by atoms with Gasteiger partial charge in [0.05, 0.1) is 40.4 Å². The number of carbonyl (C=O) groups is 1. The second kappa shape index (κ2) is 5.89. The number of hydrogen-bond acceptors (Lipinski definition) is 6. The van der Waals surface area contributed by atoms with Crippen LogP contribution in [0.1, 0.15) is 40.4 Å². The molecule has 0 bridgehead atoms. The first kappa shape index (κ1) is 15.6. The molecule has 0 unspecified atom stereocenters. The van der Waals surface area contributed by atoms with Gasteiger partial charge in [-0.3, -0.25) is 4.79 Å². The second-order valence-corrected chi connectivity index (χ2v) is 6.74. The zero-order valence-corrected chi connectivity index (χ0v) is 14.8. The molecule has 1 aromatic carbocycles. The third-order valence-corrected chi connectivity index (χ3v) is 4.82. The Hall–Kier alpha value is -2.87. The molecular weight excluding hydrogens is 336 g/mol. The van der Waals surface area contributed by atoms with Gasteiger partial charge in [-0.25, -0.2) is 19.5 Å². The van der Waals surface area contributed by atoms with E-state index < -0.39 is 0 Å². The van der Waals surface area contributed by atoms with Gasteiger partial charge in [0.2, 0.25) is 4.96 Å². The fraction of sp³-hybridized carbons (Fsp3) is 0.235. The Morgan fingerprint density at radius 1 is 1.16 bits per heavy atom. The van der Waals surface area contributed by atoms with Crippen molar-refractivity contribution in [2.75, 3.05) is 0 Å². The quantitative estimate of drug-likeness (QED) is 0.613. The molecule has 3 heterocycles. The summed E-state index contributed by atoms with van der Waals surface area (Å²) in [4.78, 5) is 26.9. The molecular formula is C17H16N6OS. The highest BCUT2D eigenvalue weighted by atomic mass is 32.1. The van der Waals surface area contributed by atoms with Crippen LogP contribution in [0.2, 0.25) is 0 Å². The molecule has 0 radical (unpaired) electrons. The molecule has 0 fully saturated rings.